The molecule has 3 nitrogen and oxygen atoms in total. The monoisotopic (exact) mass is 220 g/mol. The molecule has 0 fully saturated rings. The van der Waals surface area contributed by atoms with Gasteiger partial charge in [-0.05, 0) is 17.5 Å². The van der Waals surface area contributed by atoms with Crippen LogP contribution in [0.3, 0.4) is 0 Å². The Hall–Kier alpha value is -1.35. The van der Waals surface area contributed by atoms with Crippen LogP contribution < -0.4 is 11.1 Å². The zero-order chi connectivity index (χ0) is 12.0. The van der Waals surface area contributed by atoms with Gasteiger partial charge in [0.05, 0.1) is 0 Å². The lowest BCUT2D eigenvalue weighted by atomic mass is 10.1. The summed E-state index contributed by atoms with van der Waals surface area (Å²) in [6.45, 7) is 5.40. The molecule has 0 bridgehead atoms. The highest BCUT2D eigenvalue weighted by Gasteiger charge is 2.07. The van der Waals surface area contributed by atoms with Crippen LogP contribution in [0.4, 0.5) is 0 Å². The molecule has 1 rings (SSSR count). The van der Waals surface area contributed by atoms with Gasteiger partial charge in [-0.2, -0.15) is 0 Å². The van der Waals surface area contributed by atoms with Gasteiger partial charge in [-0.25, -0.2) is 0 Å². The molecule has 1 aromatic rings. The highest BCUT2D eigenvalue weighted by Crippen LogP contribution is 2.08. The summed E-state index contributed by atoms with van der Waals surface area (Å²) in [5.74, 6) is -0.370. The number of nitrogens with one attached hydrogen (secondary N) is 1. The molecule has 0 aromatic heterocycles. The molecule has 1 aromatic carbocycles. The van der Waals surface area contributed by atoms with Crippen molar-refractivity contribution in [1.29, 1.82) is 0 Å². The van der Waals surface area contributed by atoms with E-state index < -0.39 is 0 Å². The van der Waals surface area contributed by atoms with Gasteiger partial charge in [-0.1, -0.05) is 38.1 Å². The van der Waals surface area contributed by atoms with E-state index >= 15 is 0 Å². The summed E-state index contributed by atoms with van der Waals surface area (Å²) in [5.41, 5.74) is 7.83. The average molecular weight is 220 g/mol. The van der Waals surface area contributed by atoms with E-state index in [1.54, 1.807) is 0 Å². The summed E-state index contributed by atoms with van der Waals surface area (Å²) in [7, 11) is 0. The second kappa shape index (κ2) is 6.28. The first kappa shape index (κ1) is 12.7. The Labute approximate surface area is 97.0 Å². The van der Waals surface area contributed by atoms with Crippen LogP contribution in [0.25, 0.3) is 0 Å². The van der Waals surface area contributed by atoms with Gasteiger partial charge in [0.15, 0.2) is 0 Å². The van der Waals surface area contributed by atoms with Gasteiger partial charge < -0.3 is 11.1 Å². The third-order valence-electron chi connectivity index (χ3n) is 2.75. The number of aryl methyl sites for hydroxylation is 1. The SMILES string of the molecule is CCc1ccccc1CNCC(C)C(N)=O. The van der Waals surface area contributed by atoms with E-state index in [1.165, 1.54) is 11.1 Å². The van der Waals surface area contributed by atoms with Crippen LogP contribution in [0.5, 0.6) is 0 Å². The molecule has 1 atom stereocenters. The quantitative estimate of drug-likeness (QED) is 0.762. The van der Waals surface area contributed by atoms with Crippen molar-refractivity contribution in [3.05, 3.63) is 35.4 Å². The number of rotatable bonds is 6. The molecule has 3 heteroatoms. The van der Waals surface area contributed by atoms with Crippen molar-refractivity contribution < 1.29 is 4.79 Å². The summed E-state index contributed by atoms with van der Waals surface area (Å²) in [5, 5.41) is 3.26. The van der Waals surface area contributed by atoms with Gasteiger partial charge in [-0.3, -0.25) is 4.79 Å². The molecule has 0 aliphatic carbocycles. The van der Waals surface area contributed by atoms with Gasteiger partial charge in [0.2, 0.25) is 5.91 Å². The van der Waals surface area contributed by atoms with Crippen molar-refractivity contribution in [2.75, 3.05) is 6.54 Å². The largest absolute Gasteiger partial charge is 0.369 e. The lowest BCUT2D eigenvalue weighted by molar-refractivity contribution is -0.121. The fourth-order valence-corrected chi connectivity index (χ4v) is 1.60. The van der Waals surface area contributed by atoms with Crippen LogP contribution in [0.2, 0.25) is 0 Å². The second-order valence-corrected chi connectivity index (χ2v) is 4.06. The first-order valence-corrected chi connectivity index (χ1v) is 5.72. The third kappa shape index (κ3) is 3.66. The van der Waals surface area contributed by atoms with Crippen molar-refractivity contribution in [2.24, 2.45) is 11.7 Å². The highest BCUT2D eigenvalue weighted by molar-refractivity contribution is 5.76. The van der Waals surface area contributed by atoms with Gasteiger partial charge >= 0.3 is 0 Å². The lowest BCUT2D eigenvalue weighted by Gasteiger charge is -2.11. The Morgan fingerprint density at radius 1 is 1.38 bits per heavy atom. The van der Waals surface area contributed by atoms with E-state index in [0.717, 1.165) is 13.0 Å². The smallest absolute Gasteiger partial charge is 0.221 e. The van der Waals surface area contributed by atoms with Crippen molar-refractivity contribution >= 4 is 5.91 Å². The minimum Gasteiger partial charge on any atom is -0.369 e. The first-order chi connectivity index (χ1) is 7.65. The number of nitrogens with two attached hydrogens (primary N) is 1. The molecular formula is C13H20N2O. The van der Waals surface area contributed by atoms with Crippen LogP contribution in [0.15, 0.2) is 24.3 Å². The van der Waals surface area contributed by atoms with Crippen LogP contribution >= 0.6 is 0 Å². The molecule has 0 aliphatic heterocycles. The van der Waals surface area contributed by atoms with Crippen LogP contribution in [0, 0.1) is 5.92 Å². The molecule has 1 amide bonds. The third-order valence-corrected chi connectivity index (χ3v) is 2.75. The zero-order valence-electron chi connectivity index (χ0n) is 9.99. The van der Waals surface area contributed by atoms with Crippen molar-refractivity contribution in [2.45, 2.75) is 26.8 Å². The van der Waals surface area contributed by atoms with Crippen molar-refractivity contribution in [3.63, 3.8) is 0 Å². The fraction of sp³-hybridized carbons (Fsp3) is 0.462. The number of hydrogen-bond donors (Lipinski definition) is 2. The average Bonchev–Trinajstić information content (AvgIpc) is 2.29. The fourth-order valence-electron chi connectivity index (χ4n) is 1.60. The number of carbonyl (C=O) groups is 1. The Balaban J connectivity index is 2.45. The minimum atomic E-state index is -0.253. The van der Waals surface area contributed by atoms with Crippen LogP contribution in [0.1, 0.15) is 25.0 Å². The number of primary amides is 1. The van der Waals surface area contributed by atoms with Gasteiger partial charge in [-0.15, -0.1) is 0 Å². The van der Waals surface area contributed by atoms with Gasteiger partial charge in [0.1, 0.15) is 0 Å². The maximum absolute atomic E-state index is 10.8. The molecular weight excluding hydrogens is 200 g/mol. The van der Waals surface area contributed by atoms with E-state index in [2.05, 4.69) is 24.4 Å². The maximum Gasteiger partial charge on any atom is 0.221 e. The van der Waals surface area contributed by atoms with E-state index in [9.17, 15) is 4.79 Å². The highest BCUT2D eigenvalue weighted by atomic mass is 16.1. The predicted molar refractivity (Wildman–Crippen MR) is 65.9 cm³/mol. The standard InChI is InChI=1S/C13H20N2O/c1-3-11-6-4-5-7-12(11)9-15-8-10(2)13(14)16/h4-7,10,15H,3,8-9H2,1-2H3,(H2,14,16). The Morgan fingerprint density at radius 3 is 2.56 bits per heavy atom. The summed E-state index contributed by atoms with van der Waals surface area (Å²) >= 11 is 0. The predicted octanol–water partition coefficient (Wildman–Crippen LogP) is 1.46. The molecule has 0 spiro atoms. The first-order valence-electron chi connectivity index (χ1n) is 5.72. The summed E-state index contributed by atoms with van der Waals surface area (Å²) in [6, 6.07) is 8.33. The lowest BCUT2D eigenvalue weighted by Crippen LogP contribution is -2.30. The van der Waals surface area contributed by atoms with Crippen molar-refractivity contribution in [1.82, 2.24) is 5.32 Å². The van der Waals surface area contributed by atoms with E-state index in [1.807, 2.05) is 19.1 Å². The molecule has 0 aliphatic rings. The van der Waals surface area contributed by atoms with E-state index in [0.29, 0.717) is 6.54 Å². The molecule has 0 radical (unpaired) electrons. The number of carbonyl (C=O) groups excluding carboxylic acids is 1. The summed E-state index contributed by atoms with van der Waals surface area (Å²) in [6.07, 6.45) is 1.03. The van der Waals surface area contributed by atoms with E-state index in [-0.39, 0.29) is 11.8 Å². The molecule has 0 saturated carbocycles. The van der Waals surface area contributed by atoms with Gasteiger partial charge in [0.25, 0.3) is 0 Å². The minimum absolute atomic E-state index is 0.117. The second-order valence-electron chi connectivity index (χ2n) is 4.06. The summed E-state index contributed by atoms with van der Waals surface area (Å²) in [4.78, 5) is 10.8. The molecule has 88 valence electrons. The molecule has 0 heterocycles. The van der Waals surface area contributed by atoms with Crippen LogP contribution in [-0.2, 0) is 17.8 Å². The zero-order valence-corrected chi connectivity index (χ0v) is 9.99. The topological polar surface area (TPSA) is 55.1 Å². The maximum atomic E-state index is 10.8. The number of amides is 1. The summed E-state index contributed by atoms with van der Waals surface area (Å²) < 4.78 is 0. The molecule has 3 N–H and O–H groups in total. The van der Waals surface area contributed by atoms with Crippen LogP contribution in [-0.4, -0.2) is 12.5 Å². The molecule has 0 saturated heterocycles. The van der Waals surface area contributed by atoms with E-state index in [4.69, 9.17) is 5.73 Å². The van der Waals surface area contributed by atoms with Crippen molar-refractivity contribution in [3.8, 4) is 0 Å². The van der Waals surface area contributed by atoms with Gasteiger partial charge in [0, 0.05) is 19.0 Å². The molecule has 16 heavy (non-hydrogen) atoms. The Bertz CT molecular complexity index is 350. The Kier molecular flexibility index (Phi) is 4.99. The molecule has 1 unspecified atom stereocenters. The normalized spacial score (nSPS) is 12.4. The number of benzene rings is 1. The Morgan fingerprint density at radius 2 is 2.00 bits per heavy atom. The number of hydrogen-bond acceptors (Lipinski definition) is 2.